The third-order valence-corrected chi connectivity index (χ3v) is 3.98. The van der Waals surface area contributed by atoms with Crippen LogP contribution in [0.15, 0.2) is 24.3 Å². The molecule has 2 N–H and O–H groups in total. The van der Waals surface area contributed by atoms with Crippen LogP contribution in [-0.4, -0.2) is 48.5 Å². The fourth-order valence-corrected chi connectivity index (χ4v) is 2.14. The number of alkyl carbamates (subject to hydrolysis) is 1. The van der Waals surface area contributed by atoms with E-state index in [-0.39, 0.29) is 11.8 Å². The van der Waals surface area contributed by atoms with Gasteiger partial charge in [-0.3, -0.25) is 9.59 Å². The number of hydrogen-bond acceptors (Lipinski definition) is 4. The van der Waals surface area contributed by atoms with Crippen molar-refractivity contribution in [2.75, 3.05) is 19.4 Å². The van der Waals surface area contributed by atoms with Crippen molar-refractivity contribution in [3.05, 3.63) is 29.8 Å². The van der Waals surface area contributed by atoms with Gasteiger partial charge < -0.3 is 20.3 Å². The summed E-state index contributed by atoms with van der Waals surface area (Å²) in [6.45, 7) is 8.83. The van der Waals surface area contributed by atoms with E-state index < -0.39 is 23.7 Å². The summed E-state index contributed by atoms with van der Waals surface area (Å²) in [5.74, 6) is -0.648. The summed E-state index contributed by atoms with van der Waals surface area (Å²) in [6.07, 6.45) is -0.237. The van der Waals surface area contributed by atoms with Crippen molar-refractivity contribution in [2.45, 2.75) is 52.7 Å². The standard InChI is InChI=1S/C20H31N3O4/c1-13(14(2)21-19(26)27-20(3,4)5)18(25)22-16-10-8-15(9-11-16)12-17(24)23(6)7/h8-11,13-14H,12H2,1-7H3,(H,21,26)(H,22,25)/t13-,14-/m0/s1. The maximum absolute atomic E-state index is 12.4. The Balaban J connectivity index is 2.59. The average molecular weight is 377 g/mol. The van der Waals surface area contributed by atoms with Crippen molar-refractivity contribution in [1.82, 2.24) is 10.2 Å². The van der Waals surface area contributed by atoms with Crippen LogP contribution in [-0.2, 0) is 20.7 Å². The van der Waals surface area contributed by atoms with Crippen molar-refractivity contribution in [3.63, 3.8) is 0 Å². The predicted octanol–water partition coefficient (Wildman–Crippen LogP) is 2.81. The highest BCUT2D eigenvalue weighted by Crippen LogP contribution is 2.14. The molecule has 0 fully saturated rings. The van der Waals surface area contributed by atoms with Crippen LogP contribution in [0.4, 0.5) is 10.5 Å². The fourth-order valence-electron chi connectivity index (χ4n) is 2.14. The molecule has 0 aliphatic carbocycles. The monoisotopic (exact) mass is 377 g/mol. The van der Waals surface area contributed by atoms with Gasteiger partial charge in [0.2, 0.25) is 11.8 Å². The maximum atomic E-state index is 12.4. The first kappa shape index (κ1) is 22.5. The molecule has 0 aliphatic heterocycles. The molecule has 2 atom stereocenters. The molecular weight excluding hydrogens is 346 g/mol. The molecule has 150 valence electrons. The van der Waals surface area contributed by atoms with Crippen molar-refractivity contribution in [2.24, 2.45) is 5.92 Å². The van der Waals surface area contributed by atoms with Crippen LogP contribution in [0, 0.1) is 5.92 Å². The summed E-state index contributed by atoms with van der Waals surface area (Å²) in [5, 5.41) is 5.50. The lowest BCUT2D eigenvalue weighted by atomic mass is 10.0. The van der Waals surface area contributed by atoms with Crippen LogP contribution in [0.1, 0.15) is 40.2 Å². The van der Waals surface area contributed by atoms with E-state index in [1.165, 1.54) is 4.90 Å². The highest BCUT2D eigenvalue weighted by Gasteiger charge is 2.24. The Morgan fingerprint density at radius 3 is 2.11 bits per heavy atom. The Morgan fingerprint density at radius 2 is 1.63 bits per heavy atom. The number of carbonyl (C=O) groups is 3. The highest BCUT2D eigenvalue weighted by atomic mass is 16.6. The van der Waals surface area contributed by atoms with Crippen LogP contribution < -0.4 is 10.6 Å². The molecule has 0 saturated heterocycles. The van der Waals surface area contributed by atoms with Gasteiger partial charge >= 0.3 is 6.09 Å². The number of amides is 3. The Labute approximate surface area is 161 Å². The summed E-state index contributed by atoms with van der Waals surface area (Å²) in [6, 6.07) is 6.74. The zero-order chi connectivity index (χ0) is 20.8. The van der Waals surface area contributed by atoms with Crippen molar-refractivity contribution in [1.29, 1.82) is 0 Å². The first-order valence-corrected chi connectivity index (χ1v) is 8.98. The lowest BCUT2D eigenvalue weighted by molar-refractivity contribution is -0.128. The van der Waals surface area contributed by atoms with Gasteiger partial charge in [0.25, 0.3) is 0 Å². The van der Waals surface area contributed by atoms with Gasteiger partial charge in [0.15, 0.2) is 0 Å². The number of rotatable bonds is 6. The second kappa shape index (κ2) is 9.39. The molecule has 1 aromatic rings. The highest BCUT2D eigenvalue weighted by molar-refractivity contribution is 5.93. The van der Waals surface area contributed by atoms with E-state index in [9.17, 15) is 14.4 Å². The molecule has 0 aromatic heterocycles. The molecular formula is C20H31N3O4. The van der Waals surface area contributed by atoms with E-state index in [0.717, 1.165) is 5.56 Å². The smallest absolute Gasteiger partial charge is 0.407 e. The second-order valence-corrected chi connectivity index (χ2v) is 7.87. The van der Waals surface area contributed by atoms with Crippen LogP contribution in [0.25, 0.3) is 0 Å². The summed E-state index contributed by atoms with van der Waals surface area (Å²) < 4.78 is 5.21. The molecule has 0 saturated carbocycles. The normalized spacial score (nSPS) is 13.3. The number of ether oxygens (including phenoxy) is 1. The van der Waals surface area contributed by atoms with Gasteiger partial charge in [0.1, 0.15) is 5.60 Å². The largest absolute Gasteiger partial charge is 0.444 e. The zero-order valence-corrected chi connectivity index (χ0v) is 17.3. The van der Waals surface area contributed by atoms with E-state index in [0.29, 0.717) is 12.1 Å². The van der Waals surface area contributed by atoms with Crippen molar-refractivity contribution in [3.8, 4) is 0 Å². The van der Waals surface area contributed by atoms with Crippen molar-refractivity contribution >= 4 is 23.6 Å². The third-order valence-electron chi connectivity index (χ3n) is 3.98. The molecule has 3 amide bonds. The van der Waals surface area contributed by atoms with E-state index in [2.05, 4.69) is 10.6 Å². The minimum atomic E-state index is -0.592. The van der Waals surface area contributed by atoms with Crippen LogP contribution in [0.3, 0.4) is 0 Å². The quantitative estimate of drug-likeness (QED) is 0.798. The van der Waals surface area contributed by atoms with Gasteiger partial charge in [-0.05, 0) is 45.4 Å². The molecule has 0 aliphatic rings. The number of hydrogen-bond donors (Lipinski definition) is 2. The fraction of sp³-hybridized carbons (Fsp3) is 0.550. The molecule has 27 heavy (non-hydrogen) atoms. The number of carbonyl (C=O) groups excluding carboxylic acids is 3. The Hall–Kier alpha value is -2.57. The van der Waals surface area contributed by atoms with Crippen LogP contribution in [0.2, 0.25) is 0 Å². The summed E-state index contributed by atoms with van der Waals surface area (Å²) in [5.41, 5.74) is 0.919. The third kappa shape index (κ3) is 8.11. The topological polar surface area (TPSA) is 87.7 Å². The SMILES string of the molecule is C[C@H](NC(=O)OC(C)(C)C)[C@H](C)C(=O)Nc1ccc(CC(=O)N(C)C)cc1. The van der Waals surface area contributed by atoms with Gasteiger partial charge in [0.05, 0.1) is 12.3 Å². The predicted molar refractivity (Wildman–Crippen MR) is 105 cm³/mol. The lowest BCUT2D eigenvalue weighted by Crippen LogP contribution is -2.44. The number of nitrogens with one attached hydrogen (secondary N) is 2. The van der Waals surface area contributed by atoms with E-state index in [4.69, 9.17) is 4.74 Å². The first-order chi connectivity index (χ1) is 12.4. The number of benzene rings is 1. The molecule has 0 bridgehead atoms. The molecule has 7 nitrogen and oxygen atoms in total. The van der Waals surface area contributed by atoms with Gasteiger partial charge in [0, 0.05) is 25.8 Å². The minimum Gasteiger partial charge on any atom is -0.444 e. The molecule has 7 heteroatoms. The van der Waals surface area contributed by atoms with Crippen LogP contribution in [0.5, 0.6) is 0 Å². The molecule has 0 spiro atoms. The molecule has 1 aromatic carbocycles. The lowest BCUT2D eigenvalue weighted by Gasteiger charge is -2.24. The van der Waals surface area contributed by atoms with Gasteiger partial charge in [-0.15, -0.1) is 0 Å². The summed E-state index contributed by atoms with van der Waals surface area (Å²) >= 11 is 0. The average Bonchev–Trinajstić information content (AvgIpc) is 2.53. The zero-order valence-electron chi connectivity index (χ0n) is 17.3. The van der Waals surface area contributed by atoms with E-state index in [1.807, 2.05) is 12.1 Å². The number of nitrogens with zero attached hydrogens (tertiary/aromatic N) is 1. The Morgan fingerprint density at radius 1 is 1.07 bits per heavy atom. The van der Waals surface area contributed by atoms with Crippen molar-refractivity contribution < 1.29 is 19.1 Å². The Kier molecular flexibility index (Phi) is 7.82. The van der Waals surface area contributed by atoms with E-state index in [1.54, 1.807) is 60.8 Å². The maximum Gasteiger partial charge on any atom is 0.407 e. The minimum absolute atomic E-state index is 0.0162. The van der Waals surface area contributed by atoms with Crippen LogP contribution >= 0.6 is 0 Å². The second-order valence-electron chi connectivity index (χ2n) is 7.87. The molecule has 0 radical (unpaired) electrons. The van der Waals surface area contributed by atoms with Gasteiger partial charge in [-0.25, -0.2) is 4.79 Å². The molecule has 0 heterocycles. The first-order valence-electron chi connectivity index (χ1n) is 8.98. The number of anilines is 1. The molecule has 1 rings (SSSR count). The van der Waals surface area contributed by atoms with E-state index >= 15 is 0 Å². The summed E-state index contributed by atoms with van der Waals surface area (Å²) in [7, 11) is 3.43. The number of likely N-dealkylation sites (N-methyl/N-ethyl adjacent to an activating group) is 1. The summed E-state index contributed by atoms with van der Waals surface area (Å²) in [4.78, 5) is 37.5. The molecule has 0 unspecified atom stereocenters. The Bertz CT molecular complexity index is 663. The van der Waals surface area contributed by atoms with Gasteiger partial charge in [-0.1, -0.05) is 19.1 Å². The van der Waals surface area contributed by atoms with Gasteiger partial charge in [-0.2, -0.15) is 0 Å².